The number of carbonyl (C=O) groups excluding carboxylic acids is 3. The SMILES string of the molecule is Cn1c(=O)ccc2c(C(ON3C(=O)c4ccccc4C3=O)C(=O)OC(c3ccccc3)c3ccccc3)ccc(OC(c3ccccc3)c3ccccc3)c21. The zero-order valence-corrected chi connectivity index (χ0v) is 29.7. The number of pyridine rings is 1. The molecule has 8 rings (SSSR count). The van der Waals surface area contributed by atoms with E-state index in [2.05, 4.69) is 0 Å². The Morgan fingerprint density at radius 3 is 1.47 bits per heavy atom. The summed E-state index contributed by atoms with van der Waals surface area (Å²) in [6, 6.07) is 50.5. The van der Waals surface area contributed by atoms with Crippen molar-refractivity contribution in [3.8, 4) is 5.75 Å². The molecule has 2 amide bonds. The maximum atomic E-state index is 14.7. The number of aromatic nitrogens is 1. The van der Waals surface area contributed by atoms with E-state index in [9.17, 15) is 19.2 Å². The molecule has 7 aromatic rings. The monoisotopic (exact) mass is 726 g/mol. The Hall–Kier alpha value is -7.10. The Labute approximate surface area is 316 Å². The number of fused-ring (bicyclic) bond motifs is 2. The minimum absolute atomic E-state index is 0.148. The number of hydroxylamine groups is 2. The molecule has 0 bridgehead atoms. The predicted octanol–water partition coefficient (Wildman–Crippen LogP) is 8.31. The third-order valence-electron chi connectivity index (χ3n) is 9.62. The lowest BCUT2D eigenvalue weighted by Crippen LogP contribution is -2.35. The third-order valence-corrected chi connectivity index (χ3v) is 9.62. The summed E-state index contributed by atoms with van der Waals surface area (Å²) in [4.78, 5) is 61.4. The Kier molecular flexibility index (Phi) is 9.60. The van der Waals surface area contributed by atoms with E-state index < -0.39 is 36.1 Å². The molecular weight excluding hydrogens is 693 g/mol. The molecule has 0 aliphatic carbocycles. The first-order valence-electron chi connectivity index (χ1n) is 17.7. The van der Waals surface area contributed by atoms with Crippen LogP contribution in [0, 0.1) is 0 Å². The van der Waals surface area contributed by atoms with Crippen LogP contribution in [0.15, 0.2) is 175 Å². The normalized spacial score (nSPS) is 13.0. The van der Waals surface area contributed by atoms with Gasteiger partial charge in [0, 0.05) is 24.1 Å². The van der Waals surface area contributed by atoms with Gasteiger partial charge < -0.3 is 14.0 Å². The lowest BCUT2D eigenvalue weighted by Gasteiger charge is -2.27. The molecule has 270 valence electrons. The van der Waals surface area contributed by atoms with Crippen molar-refractivity contribution in [3.63, 3.8) is 0 Å². The van der Waals surface area contributed by atoms with E-state index in [1.54, 1.807) is 37.4 Å². The first-order valence-corrected chi connectivity index (χ1v) is 17.7. The van der Waals surface area contributed by atoms with Gasteiger partial charge >= 0.3 is 5.97 Å². The molecule has 9 nitrogen and oxygen atoms in total. The van der Waals surface area contributed by atoms with Crippen LogP contribution in [0.1, 0.15) is 66.8 Å². The van der Waals surface area contributed by atoms with E-state index in [0.717, 1.165) is 11.1 Å². The fourth-order valence-corrected chi connectivity index (χ4v) is 6.89. The highest BCUT2D eigenvalue weighted by molar-refractivity contribution is 6.20. The van der Waals surface area contributed by atoms with E-state index in [4.69, 9.17) is 14.3 Å². The molecule has 0 spiro atoms. The zero-order valence-electron chi connectivity index (χ0n) is 29.7. The largest absolute Gasteiger partial charge is 0.479 e. The van der Waals surface area contributed by atoms with Gasteiger partial charge in [0.25, 0.3) is 17.4 Å². The Balaban J connectivity index is 1.26. The number of nitrogens with zero attached hydrogens (tertiary/aromatic N) is 2. The highest BCUT2D eigenvalue weighted by atomic mass is 16.7. The molecule has 0 saturated carbocycles. The molecule has 1 unspecified atom stereocenters. The summed E-state index contributed by atoms with van der Waals surface area (Å²) in [6.07, 6.45) is -3.07. The van der Waals surface area contributed by atoms with E-state index in [1.807, 2.05) is 121 Å². The van der Waals surface area contributed by atoms with Crippen LogP contribution in [0.2, 0.25) is 0 Å². The number of benzene rings is 6. The topological polar surface area (TPSA) is 104 Å². The number of esters is 1. The van der Waals surface area contributed by atoms with Crippen molar-refractivity contribution in [1.29, 1.82) is 0 Å². The summed E-state index contributed by atoms with van der Waals surface area (Å²) in [5, 5.41) is 1.02. The summed E-state index contributed by atoms with van der Waals surface area (Å²) < 4.78 is 14.5. The van der Waals surface area contributed by atoms with Crippen molar-refractivity contribution in [2.75, 3.05) is 0 Å². The second-order valence-electron chi connectivity index (χ2n) is 13.0. The van der Waals surface area contributed by atoms with Crippen molar-refractivity contribution < 1.29 is 28.7 Å². The molecule has 1 atom stereocenters. The number of carbonyl (C=O) groups is 3. The highest BCUT2D eigenvalue weighted by Gasteiger charge is 2.41. The van der Waals surface area contributed by atoms with Gasteiger partial charge in [-0.25, -0.2) is 9.63 Å². The zero-order chi connectivity index (χ0) is 37.9. The quantitative estimate of drug-likeness (QED) is 0.0976. The third kappa shape index (κ3) is 6.80. The maximum Gasteiger partial charge on any atom is 0.343 e. The first kappa shape index (κ1) is 35.0. The Morgan fingerprint density at radius 1 is 0.527 bits per heavy atom. The van der Waals surface area contributed by atoms with Crippen LogP contribution in [-0.2, 0) is 21.4 Å². The molecule has 1 aliphatic rings. The van der Waals surface area contributed by atoms with Gasteiger partial charge in [0.05, 0.1) is 16.6 Å². The van der Waals surface area contributed by atoms with Gasteiger partial charge in [0.15, 0.2) is 6.10 Å². The van der Waals surface area contributed by atoms with Gasteiger partial charge in [0.1, 0.15) is 11.9 Å². The second-order valence-corrected chi connectivity index (χ2v) is 13.0. The second kappa shape index (κ2) is 15.1. The van der Waals surface area contributed by atoms with Crippen molar-refractivity contribution in [3.05, 3.63) is 219 Å². The minimum Gasteiger partial charge on any atom is -0.479 e. The number of imide groups is 1. The summed E-state index contributed by atoms with van der Waals surface area (Å²) in [6.45, 7) is 0. The summed E-state index contributed by atoms with van der Waals surface area (Å²) in [5.41, 5.74) is 3.76. The summed E-state index contributed by atoms with van der Waals surface area (Å²) in [5.74, 6) is -1.95. The smallest absolute Gasteiger partial charge is 0.343 e. The lowest BCUT2D eigenvalue weighted by atomic mass is 9.99. The average Bonchev–Trinajstić information content (AvgIpc) is 3.48. The van der Waals surface area contributed by atoms with E-state index in [0.29, 0.717) is 32.8 Å². The standard InChI is InChI=1S/C46H34N2O7/c1-47-39(49)29-27-34-35(26-28-38(40(34)47)53-41(30-16-6-2-7-17-30)31-18-8-3-9-19-31)43(55-48-44(50)36-24-14-15-25-37(36)45(48)51)46(52)54-42(32-20-10-4-11-21-32)33-22-12-5-13-23-33/h2-29,41-43H,1H3. The van der Waals surface area contributed by atoms with E-state index in [1.165, 1.54) is 22.8 Å². The van der Waals surface area contributed by atoms with Crippen LogP contribution in [-0.4, -0.2) is 27.4 Å². The molecule has 0 fully saturated rings. The molecule has 0 saturated heterocycles. The summed E-state index contributed by atoms with van der Waals surface area (Å²) in [7, 11) is 1.61. The maximum absolute atomic E-state index is 14.7. The Morgan fingerprint density at radius 2 is 0.982 bits per heavy atom. The number of aryl methyl sites for hydroxylation is 1. The van der Waals surface area contributed by atoms with Gasteiger partial charge in [-0.3, -0.25) is 14.4 Å². The number of hydrogen-bond acceptors (Lipinski definition) is 7. The molecular formula is C46H34N2O7. The highest BCUT2D eigenvalue weighted by Crippen LogP contribution is 2.39. The van der Waals surface area contributed by atoms with Crippen LogP contribution in [0.25, 0.3) is 10.9 Å². The summed E-state index contributed by atoms with van der Waals surface area (Å²) >= 11 is 0. The van der Waals surface area contributed by atoms with Crippen molar-refractivity contribution in [2.45, 2.75) is 18.3 Å². The number of amides is 2. The fraction of sp³-hybridized carbons (Fsp3) is 0.0870. The number of hydrogen-bond donors (Lipinski definition) is 0. The van der Waals surface area contributed by atoms with Gasteiger partial charge in [-0.05, 0) is 46.5 Å². The average molecular weight is 727 g/mol. The van der Waals surface area contributed by atoms with Crippen LogP contribution in [0.4, 0.5) is 0 Å². The van der Waals surface area contributed by atoms with Gasteiger partial charge in [-0.2, -0.15) is 0 Å². The van der Waals surface area contributed by atoms with Gasteiger partial charge in [-0.15, -0.1) is 5.06 Å². The molecule has 9 heteroatoms. The van der Waals surface area contributed by atoms with Gasteiger partial charge in [0.2, 0.25) is 6.10 Å². The van der Waals surface area contributed by atoms with E-state index >= 15 is 0 Å². The van der Waals surface area contributed by atoms with Crippen LogP contribution in [0.3, 0.4) is 0 Å². The van der Waals surface area contributed by atoms with E-state index in [-0.39, 0.29) is 22.2 Å². The van der Waals surface area contributed by atoms with Gasteiger partial charge in [-0.1, -0.05) is 140 Å². The van der Waals surface area contributed by atoms with Crippen LogP contribution in [0.5, 0.6) is 5.75 Å². The number of rotatable bonds is 11. The molecule has 55 heavy (non-hydrogen) atoms. The fourth-order valence-electron chi connectivity index (χ4n) is 6.89. The first-order chi connectivity index (χ1) is 26.9. The van der Waals surface area contributed by atoms with Crippen LogP contribution < -0.4 is 10.3 Å². The molecule has 0 N–H and O–H groups in total. The molecule has 1 aliphatic heterocycles. The van der Waals surface area contributed by atoms with Crippen molar-refractivity contribution in [1.82, 2.24) is 9.63 Å². The van der Waals surface area contributed by atoms with Crippen molar-refractivity contribution in [2.24, 2.45) is 7.05 Å². The molecule has 6 aromatic carbocycles. The number of ether oxygens (including phenoxy) is 2. The molecule has 0 radical (unpaired) electrons. The van der Waals surface area contributed by atoms with Crippen molar-refractivity contribution >= 4 is 28.7 Å². The Bertz CT molecular complexity index is 2460. The molecule has 2 heterocycles. The lowest BCUT2D eigenvalue weighted by molar-refractivity contribution is -0.184. The predicted molar refractivity (Wildman–Crippen MR) is 206 cm³/mol. The minimum atomic E-state index is -1.65. The molecule has 1 aromatic heterocycles. The van der Waals surface area contributed by atoms with Crippen LogP contribution >= 0.6 is 0 Å².